The van der Waals surface area contributed by atoms with Gasteiger partial charge in [0.15, 0.2) is 0 Å². The molecule has 0 amide bonds. The number of nitrogens with one attached hydrogen (secondary N) is 1. The number of hydrogen-bond donors (Lipinski definition) is 1. The minimum atomic E-state index is 0.578. The van der Waals surface area contributed by atoms with Crippen LogP contribution in [0.15, 0.2) is 16.8 Å². The molecule has 0 aliphatic carbocycles. The number of rotatable bonds is 4. The van der Waals surface area contributed by atoms with Gasteiger partial charge in [-0.2, -0.15) is 11.3 Å². The molecule has 0 atom stereocenters. The van der Waals surface area contributed by atoms with Crippen molar-refractivity contribution < 1.29 is 0 Å². The van der Waals surface area contributed by atoms with E-state index >= 15 is 0 Å². The summed E-state index contributed by atoms with van der Waals surface area (Å²) in [4.78, 5) is 0. The molecule has 1 aromatic rings. The summed E-state index contributed by atoms with van der Waals surface area (Å²) in [6.45, 7) is 9.07. The Morgan fingerprint density at radius 2 is 1.77 bits per heavy atom. The predicted octanol–water partition coefficient (Wildman–Crippen LogP) is 3.84. The van der Waals surface area contributed by atoms with Crippen LogP contribution in [-0.4, -0.2) is 6.04 Å². The van der Waals surface area contributed by atoms with Crippen molar-refractivity contribution in [3.05, 3.63) is 16.8 Å². The zero-order valence-electron chi connectivity index (χ0n) is 8.87. The molecular weight excluding hydrogens is 178 g/mol. The van der Waals surface area contributed by atoms with Gasteiger partial charge in [-0.15, -0.1) is 0 Å². The Labute approximate surface area is 85.2 Å². The highest BCUT2D eigenvalue weighted by atomic mass is 32.1. The van der Waals surface area contributed by atoms with Crippen LogP contribution in [0.4, 0.5) is 5.69 Å². The molecule has 0 radical (unpaired) electrons. The molecule has 0 aromatic carbocycles. The highest BCUT2D eigenvalue weighted by molar-refractivity contribution is 7.08. The largest absolute Gasteiger partial charge is 0.381 e. The molecule has 0 bridgehead atoms. The maximum atomic E-state index is 3.57. The Bertz CT molecular complexity index is 218. The van der Waals surface area contributed by atoms with E-state index in [2.05, 4.69) is 49.8 Å². The molecule has 1 heterocycles. The van der Waals surface area contributed by atoms with Crippen molar-refractivity contribution in [3.8, 4) is 0 Å². The summed E-state index contributed by atoms with van der Waals surface area (Å²) in [5.41, 5.74) is 1.26. The lowest BCUT2D eigenvalue weighted by Gasteiger charge is -2.26. The summed E-state index contributed by atoms with van der Waals surface area (Å²) < 4.78 is 0. The summed E-state index contributed by atoms with van der Waals surface area (Å²) in [5, 5.41) is 7.84. The van der Waals surface area contributed by atoms with Crippen molar-refractivity contribution in [2.24, 2.45) is 11.8 Å². The molecular formula is C11H19NS. The van der Waals surface area contributed by atoms with E-state index in [0.29, 0.717) is 17.9 Å². The molecule has 0 aliphatic heterocycles. The van der Waals surface area contributed by atoms with E-state index < -0.39 is 0 Å². The molecule has 74 valence electrons. The van der Waals surface area contributed by atoms with Gasteiger partial charge in [0, 0.05) is 17.1 Å². The van der Waals surface area contributed by atoms with E-state index in [1.165, 1.54) is 5.69 Å². The Hall–Kier alpha value is -0.500. The lowest BCUT2D eigenvalue weighted by atomic mass is 9.93. The summed E-state index contributed by atoms with van der Waals surface area (Å²) in [6.07, 6.45) is 0. The van der Waals surface area contributed by atoms with E-state index in [1.54, 1.807) is 11.3 Å². The van der Waals surface area contributed by atoms with Crippen LogP contribution in [0.3, 0.4) is 0 Å². The number of hydrogen-bond acceptors (Lipinski definition) is 2. The van der Waals surface area contributed by atoms with E-state index in [4.69, 9.17) is 0 Å². The Morgan fingerprint density at radius 3 is 2.15 bits per heavy atom. The first-order valence-corrected chi connectivity index (χ1v) is 5.84. The van der Waals surface area contributed by atoms with Gasteiger partial charge < -0.3 is 5.32 Å². The van der Waals surface area contributed by atoms with Crippen LogP contribution in [0, 0.1) is 11.8 Å². The van der Waals surface area contributed by atoms with Gasteiger partial charge in [-0.05, 0) is 23.3 Å². The molecule has 2 heteroatoms. The van der Waals surface area contributed by atoms with Crippen LogP contribution in [0.5, 0.6) is 0 Å². The fraction of sp³-hybridized carbons (Fsp3) is 0.636. The van der Waals surface area contributed by atoms with Gasteiger partial charge >= 0.3 is 0 Å². The quantitative estimate of drug-likeness (QED) is 0.773. The van der Waals surface area contributed by atoms with Crippen molar-refractivity contribution in [3.63, 3.8) is 0 Å². The zero-order valence-corrected chi connectivity index (χ0v) is 9.69. The lowest BCUT2D eigenvalue weighted by molar-refractivity contribution is 0.413. The topological polar surface area (TPSA) is 12.0 Å². The molecule has 0 fully saturated rings. The SMILES string of the molecule is CC(C)C(Nc1ccsc1)C(C)C. The highest BCUT2D eigenvalue weighted by Crippen LogP contribution is 2.20. The first-order chi connectivity index (χ1) is 6.11. The third kappa shape index (κ3) is 3.03. The molecule has 1 nitrogen and oxygen atoms in total. The van der Waals surface area contributed by atoms with Gasteiger partial charge in [-0.3, -0.25) is 0 Å². The number of thiophene rings is 1. The molecule has 0 saturated carbocycles. The molecule has 0 spiro atoms. The van der Waals surface area contributed by atoms with E-state index in [0.717, 1.165) is 0 Å². The molecule has 1 N–H and O–H groups in total. The fourth-order valence-electron chi connectivity index (χ4n) is 1.64. The second kappa shape index (κ2) is 4.66. The third-order valence-corrected chi connectivity index (χ3v) is 2.97. The van der Waals surface area contributed by atoms with E-state index in [9.17, 15) is 0 Å². The van der Waals surface area contributed by atoms with Crippen LogP contribution < -0.4 is 5.32 Å². The molecule has 0 saturated heterocycles. The third-order valence-electron chi connectivity index (χ3n) is 2.29. The van der Waals surface area contributed by atoms with Gasteiger partial charge in [0.2, 0.25) is 0 Å². The van der Waals surface area contributed by atoms with Gasteiger partial charge in [-0.1, -0.05) is 27.7 Å². The molecule has 1 aromatic heterocycles. The summed E-state index contributed by atoms with van der Waals surface area (Å²) >= 11 is 1.74. The van der Waals surface area contributed by atoms with E-state index in [1.807, 2.05) is 0 Å². The fourth-order valence-corrected chi connectivity index (χ4v) is 2.24. The summed E-state index contributed by atoms with van der Waals surface area (Å²) in [7, 11) is 0. The van der Waals surface area contributed by atoms with Crippen molar-refractivity contribution in [2.45, 2.75) is 33.7 Å². The minimum Gasteiger partial charge on any atom is -0.381 e. The Morgan fingerprint density at radius 1 is 1.15 bits per heavy atom. The molecule has 0 aliphatic rings. The van der Waals surface area contributed by atoms with Crippen molar-refractivity contribution in [2.75, 3.05) is 5.32 Å². The minimum absolute atomic E-state index is 0.578. The van der Waals surface area contributed by atoms with Gasteiger partial charge in [0.25, 0.3) is 0 Å². The monoisotopic (exact) mass is 197 g/mol. The van der Waals surface area contributed by atoms with E-state index in [-0.39, 0.29) is 0 Å². The van der Waals surface area contributed by atoms with Gasteiger partial charge in [0.1, 0.15) is 0 Å². The Kier molecular flexibility index (Phi) is 3.79. The van der Waals surface area contributed by atoms with Crippen LogP contribution in [0.1, 0.15) is 27.7 Å². The maximum absolute atomic E-state index is 3.57. The first-order valence-electron chi connectivity index (χ1n) is 4.90. The van der Waals surface area contributed by atoms with Crippen LogP contribution >= 0.6 is 11.3 Å². The van der Waals surface area contributed by atoms with Crippen molar-refractivity contribution in [1.29, 1.82) is 0 Å². The predicted molar refractivity (Wildman–Crippen MR) is 61.4 cm³/mol. The van der Waals surface area contributed by atoms with Gasteiger partial charge in [-0.25, -0.2) is 0 Å². The zero-order chi connectivity index (χ0) is 9.84. The average Bonchev–Trinajstić information content (AvgIpc) is 2.50. The standard InChI is InChI=1S/C11H19NS/c1-8(2)11(9(3)4)12-10-5-6-13-7-10/h5-9,11-12H,1-4H3. The van der Waals surface area contributed by atoms with Crippen LogP contribution in [-0.2, 0) is 0 Å². The summed E-state index contributed by atoms with van der Waals surface area (Å²) in [5.74, 6) is 1.36. The molecule has 13 heavy (non-hydrogen) atoms. The van der Waals surface area contributed by atoms with Crippen molar-refractivity contribution in [1.82, 2.24) is 0 Å². The summed E-state index contributed by atoms with van der Waals surface area (Å²) in [6, 6.07) is 2.72. The van der Waals surface area contributed by atoms with Gasteiger partial charge in [0.05, 0.1) is 0 Å². The second-order valence-corrected chi connectivity index (χ2v) is 4.95. The Balaban J connectivity index is 2.58. The highest BCUT2D eigenvalue weighted by Gasteiger charge is 2.16. The number of anilines is 1. The van der Waals surface area contributed by atoms with Crippen LogP contribution in [0.25, 0.3) is 0 Å². The van der Waals surface area contributed by atoms with Crippen molar-refractivity contribution >= 4 is 17.0 Å². The maximum Gasteiger partial charge on any atom is 0.0451 e. The lowest BCUT2D eigenvalue weighted by Crippen LogP contribution is -2.30. The second-order valence-electron chi connectivity index (χ2n) is 4.17. The smallest absolute Gasteiger partial charge is 0.0451 e. The normalized spacial score (nSPS) is 11.6. The van der Waals surface area contributed by atoms with Crippen LogP contribution in [0.2, 0.25) is 0 Å². The molecule has 1 rings (SSSR count). The molecule has 0 unspecified atom stereocenters. The first kappa shape index (κ1) is 10.6. The average molecular weight is 197 g/mol.